The second kappa shape index (κ2) is 16.8. The van der Waals surface area contributed by atoms with E-state index in [-0.39, 0.29) is 5.92 Å². The Labute approximate surface area is 397 Å². The number of rotatable bonds is 8. The van der Waals surface area contributed by atoms with Gasteiger partial charge in [0.2, 0.25) is 0 Å². The van der Waals surface area contributed by atoms with Crippen LogP contribution in [-0.2, 0) is 0 Å². The summed E-state index contributed by atoms with van der Waals surface area (Å²) in [5.41, 5.74) is 14.4. The molecule has 0 spiro atoms. The van der Waals surface area contributed by atoms with E-state index in [1.165, 1.54) is 87.2 Å². The van der Waals surface area contributed by atoms with Gasteiger partial charge in [0.15, 0.2) is 0 Å². The van der Waals surface area contributed by atoms with Crippen molar-refractivity contribution in [2.45, 2.75) is 24.7 Å². The number of aromatic nitrogens is 1. The molecule has 1 unspecified atom stereocenters. The zero-order chi connectivity index (χ0) is 45.0. The number of para-hydroxylation sites is 2. The highest BCUT2D eigenvalue weighted by Gasteiger charge is 2.23. The Hall–Kier alpha value is -8.46. The van der Waals surface area contributed by atoms with Crippen molar-refractivity contribution in [3.8, 4) is 27.9 Å². The normalized spacial score (nSPS) is 15.4. The minimum absolute atomic E-state index is 0.281. The van der Waals surface area contributed by atoms with E-state index in [1.807, 2.05) is 0 Å². The van der Waals surface area contributed by atoms with Crippen LogP contribution >= 0.6 is 0 Å². The van der Waals surface area contributed by atoms with Crippen molar-refractivity contribution in [2.24, 2.45) is 0 Å². The zero-order valence-electron chi connectivity index (χ0n) is 37.7. The molecule has 0 saturated carbocycles. The standard InChI is InChI=1S/C66H48N2/c1-4-17-45(18-5-1)53-40-54(46-19-6-2-7-20-46)43-58(42-53)67(56-36-33-47(34-37-56)49-35-38-60-52(39-49)32-31-48-21-10-12-27-59(48)60)57-26-16-23-50(41-57)63-44-51-22-11-13-28-61(51)66-65(63)62-29-14-15-30-64(62)68(66)55-24-8-3-9-25-55/h1-19,21-34,36-44,46,49H,20,35H2/t46-,49?/m0/s1. The molecular weight excluding hydrogens is 821 g/mol. The molecule has 2 heteroatoms. The number of hydrogen-bond donors (Lipinski definition) is 0. The monoisotopic (exact) mass is 868 g/mol. The number of allylic oxidation sites excluding steroid dienone is 4. The largest absolute Gasteiger partial charge is 0.310 e. The lowest BCUT2D eigenvalue weighted by Crippen LogP contribution is -2.29. The van der Waals surface area contributed by atoms with Gasteiger partial charge in [0, 0.05) is 50.7 Å². The van der Waals surface area contributed by atoms with Crippen LogP contribution < -0.4 is 15.3 Å². The molecule has 0 saturated heterocycles. The third-order valence-corrected chi connectivity index (χ3v) is 14.3. The van der Waals surface area contributed by atoms with Gasteiger partial charge in [0.1, 0.15) is 0 Å². The molecule has 13 rings (SSSR count). The average Bonchev–Trinajstić information content (AvgIpc) is 3.77. The van der Waals surface area contributed by atoms with E-state index in [2.05, 4.69) is 264 Å². The topological polar surface area (TPSA) is 8.17 Å². The Morgan fingerprint density at radius 2 is 1.16 bits per heavy atom. The maximum Gasteiger partial charge on any atom is 0.0625 e. The lowest BCUT2D eigenvalue weighted by molar-refractivity contribution is 0.854. The molecule has 11 aromatic rings. The van der Waals surface area contributed by atoms with Gasteiger partial charge < -0.3 is 9.47 Å². The molecule has 0 N–H and O–H groups in total. The fourth-order valence-corrected chi connectivity index (χ4v) is 11.1. The lowest BCUT2D eigenvalue weighted by Gasteiger charge is -2.29. The summed E-state index contributed by atoms with van der Waals surface area (Å²) in [6.07, 6.45) is 15.9. The van der Waals surface area contributed by atoms with Crippen LogP contribution in [0.3, 0.4) is 0 Å². The average molecular weight is 869 g/mol. The Bertz CT molecular complexity index is 3910. The van der Waals surface area contributed by atoms with E-state index >= 15 is 0 Å². The highest BCUT2D eigenvalue weighted by atomic mass is 15.1. The number of hydrogen-bond acceptors (Lipinski definition) is 1. The molecule has 1 heterocycles. The summed E-state index contributed by atoms with van der Waals surface area (Å²) in [5.74, 6) is 0.575. The van der Waals surface area contributed by atoms with E-state index in [4.69, 9.17) is 0 Å². The first-order valence-corrected chi connectivity index (χ1v) is 24.0. The molecule has 10 aromatic carbocycles. The molecule has 2 aliphatic rings. The molecule has 2 atom stereocenters. The Morgan fingerprint density at radius 1 is 0.441 bits per heavy atom. The number of nitrogens with zero attached hydrogens (tertiary/aromatic N) is 2. The SMILES string of the molecule is C1=CC[C@@H](c2cc(-c3ccccc3)cc(N(c3ccc(C4C=c5ccc6ccccc6c5=CC4)cc3)c3cccc(-c4cc5ccccc5c5c4c4ccccc4n5-c4ccccc4)c3)c2)C=C1. The highest BCUT2D eigenvalue weighted by Crippen LogP contribution is 2.46. The lowest BCUT2D eigenvalue weighted by atomic mass is 9.88. The van der Waals surface area contributed by atoms with Gasteiger partial charge in [-0.25, -0.2) is 0 Å². The minimum atomic E-state index is 0.281. The first-order valence-electron chi connectivity index (χ1n) is 24.0. The Balaban J connectivity index is 1.00. The smallest absolute Gasteiger partial charge is 0.0625 e. The molecule has 68 heavy (non-hydrogen) atoms. The quantitative estimate of drug-likeness (QED) is 0.148. The Morgan fingerprint density at radius 3 is 1.99 bits per heavy atom. The fourth-order valence-electron chi connectivity index (χ4n) is 11.1. The summed E-state index contributed by atoms with van der Waals surface area (Å²) in [6.45, 7) is 0. The maximum atomic E-state index is 2.48. The fraction of sp³-hybridized carbons (Fsp3) is 0.0606. The third-order valence-electron chi connectivity index (χ3n) is 14.3. The zero-order valence-corrected chi connectivity index (χ0v) is 37.7. The molecule has 1 aromatic heterocycles. The number of fused-ring (bicyclic) bond motifs is 8. The molecule has 0 amide bonds. The molecule has 2 nitrogen and oxygen atoms in total. The predicted molar refractivity (Wildman–Crippen MR) is 289 cm³/mol. The summed E-state index contributed by atoms with van der Waals surface area (Å²) in [5, 5.41) is 10.3. The third kappa shape index (κ3) is 6.96. The van der Waals surface area contributed by atoms with E-state index in [0.29, 0.717) is 5.92 Å². The van der Waals surface area contributed by atoms with Crippen LogP contribution in [0.4, 0.5) is 17.1 Å². The molecule has 0 bridgehead atoms. The first kappa shape index (κ1) is 39.9. The van der Waals surface area contributed by atoms with Crippen molar-refractivity contribution in [3.63, 3.8) is 0 Å². The van der Waals surface area contributed by atoms with Crippen LogP contribution in [0.2, 0.25) is 0 Å². The Kier molecular flexibility index (Phi) is 9.83. The van der Waals surface area contributed by atoms with Crippen LogP contribution in [0.1, 0.15) is 35.8 Å². The second-order valence-corrected chi connectivity index (χ2v) is 18.4. The van der Waals surface area contributed by atoms with Gasteiger partial charge in [0.05, 0.1) is 11.0 Å². The summed E-state index contributed by atoms with van der Waals surface area (Å²) in [4.78, 5) is 2.48. The summed E-state index contributed by atoms with van der Waals surface area (Å²) >= 11 is 0. The molecule has 0 fully saturated rings. The molecule has 322 valence electrons. The predicted octanol–water partition coefficient (Wildman–Crippen LogP) is 16.2. The van der Waals surface area contributed by atoms with Crippen molar-refractivity contribution in [1.29, 1.82) is 0 Å². The van der Waals surface area contributed by atoms with E-state index in [9.17, 15) is 0 Å². The summed E-state index contributed by atoms with van der Waals surface area (Å²) < 4.78 is 2.46. The van der Waals surface area contributed by atoms with Crippen LogP contribution in [0, 0.1) is 0 Å². The summed E-state index contributed by atoms with van der Waals surface area (Å²) in [6, 6.07) is 81.0. The van der Waals surface area contributed by atoms with Crippen molar-refractivity contribution < 1.29 is 0 Å². The van der Waals surface area contributed by atoms with Gasteiger partial charge in [-0.05, 0) is 133 Å². The van der Waals surface area contributed by atoms with E-state index < -0.39 is 0 Å². The van der Waals surface area contributed by atoms with Gasteiger partial charge in [-0.15, -0.1) is 0 Å². The van der Waals surface area contributed by atoms with Gasteiger partial charge in [-0.2, -0.15) is 0 Å². The van der Waals surface area contributed by atoms with Crippen molar-refractivity contribution in [3.05, 3.63) is 264 Å². The van der Waals surface area contributed by atoms with Gasteiger partial charge in [0.25, 0.3) is 0 Å². The van der Waals surface area contributed by atoms with E-state index in [0.717, 1.165) is 35.6 Å². The molecular formula is C66H48N2. The van der Waals surface area contributed by atoms with Crippen molar-refractivity contribution in [1.82, 2.24) is 4.57 Å². The van der Waals surface area contributed by atoms with Gasteiger partial charge in [-0.3, -0.25) is 0 Å². The van der Waals surface area contributed by atoms with Crippen molar-refractivity contribution in [2.75, 3.05) is 4.90 Å². The summed E-state index contributed by atoms with van der Waals surface area (Å²) in [7, 11) is 0. The minimum Gasteiger partial charge on any atom is -0.310 e. The van der Waals surface area contributed by atoms with Gasteiger partial charge >= 0.3 is 0 Å². The van der Waals surface area contributed by atoms with Gasteiger partial charge in [-0.1, -0.05) is 194 Å². The first-order chi connectivity index (χ1) is 33.7. The van der Waals surface area contributed by atoms with Crippen LogP contribution in [-0.4, -0.2) is 4.57 Å². The van der Waals surface area contributed by atoms with E-state index in [1.54, 1.807) is 0 Å². The molecule has 0 radical (unpaired) electrons. The maximum absolute atomic E-state index is 2.48. The molecule has 2 aliphatic carbocycles. The highest BCUT2D eigenvalue weighted by molar-refractivity contribution is 6.24. The van der Waals surface area contributed by atoms with Crippen LogP contribution in [0.15, 0.2) is 243 Å². The van der Waals surface area contributed by atoms with Crippen LogP contribution in [0.5, 0.6) is 0 Å². The van der Waals surface area contributed by atoms with Crippen LogP contribution in [0.25, 0.3) is 83.4 Å². The number of benzene rings is 10. The van der Waals surface area contributed by atoms with Crippen molar-refractivity contribution >= 4 is 72.6 Å². The second-order valence-electron chi connectivity index (χ2n) is 18.4. The molecule has 0 aliphatic heterocycles. The number of anilines is 3.